The predicted octanol–water partition coefficient (Wildman–Crippen LogP) is 3.62. The van der Waals surface area contributed by atoms with Crippen molar-refractivity contribution < 1.29 is 28.3 Å². The molecular formula is C27H27N3O6. The van der Waals surface area contributed by atoms with Crippen molar-refractivity contribution in [3.8, 4) is 11.5 Å². The Bertz CT molecular complexity index is 1330. The van der Waals surface area contributed by atoms with Crippen molar-refractivity contribution in [3.63, 3.8) is 0 Å². The largest absolute Gasteiger partial charge is 0.485 e. The maximum absolute atomic E-state index is 12.9. The third-order valence-corrected chi connectivity index (χ3v) is 6.25. The van der Waals surface area contributed by atoms with Crippen LogP contribution in [0, 0.1) is 19.8 Å². The standard InChI is InChI=1S/C27H27N3O6/c1-16-3-4-17(2)24(9-16)34-14-22(31)19-7-8-23-21(10-19)30(26(32)15-35-23)12-25-29-20(13-36-25)27(33)28-11-18-5-6-18/h3-4,7-10,13,18H,5-6,11-12,14-15H2,1-2H3,(H,28,33). The van der Waals surface area contributed by atoms with Crippen molar-refractivity contribution in [2.75, 3.05) is 24.7 Å². The minimum Gasteiger partial charge on any atom is -0.485 e. The van der Waals surface area contributed by atoms with Gasteiger partial charge in [0.05, 0.1) is 5.69 Å². The van der Waals surface area contributed by atoms with Gasteiger partial charge in [0.15, 0.2) is 24.7 Å². The summed E-state index contributed by atoms with van der Waals surface area (Å²) in [5, 5.41) is 2.84. The molecule has 0 spiro atoms. The fourth-order valence-corrected chi connectivity index (χ4v) is 3.91. The Morgan fingerprint density at radius 2 is 2.00 bits per heavy atom. The highest BCUT2D eigenvalue weighted by Gasteiger charge is 2.29. The number of oxazole rings is 1. The molecule has 2 amide bonds. The molecule has 1 N–H and O–H groups in total. The zero-order valence-electron chi connectivity index (χ0n) is 20.2. The van der Waals surface area contributed by atoms with Crippen LogP contribution in [0.3, 0.4) is 0 Å². The molecule has 1 aliphatic heterocycles. The van der Waals surface area contributed by atoms with E-state index >= 15 is 0 Å². The van der Waals surface area contributed by atoms with E-state index in [1.165, 1.54) is 11.2 Å². The summed E-state index contributed by atoms with van der Waals surface area (Å²) in [6.45, 7) is 4.22. The number of rotatable bonds is 9. The Labute approximate surface area is 208 Å². The van der Waals surface area contributed by atoms with Crippen LogP contribution in [-0.4, -0.2) is 42.3 Å². The number of hydrogen-bond donors (Lipinski definition) is 1. The Balaban J connectivity index is 1.29. The van der Waals surface area contributed by atoms with Gasteiger partial charge in [0.1, 0.15) is 24.3 Å². The van der Waals surface area contributed by atoms with E-state index in [-0.39, 0.29) is 48.9 Å². The monoisotopic (exact) mass is 489 g/mol. The van der Waals surface area contributed by atoms with Crippen LogP contribution >= 0.6 is 0 Å². The zero-order chi connectivity index (χ0) is 25.2. The third kappa shape index (κ3) is 5.25. The molecule has 3 aromatic rings. The van der Waals surface area contributed by atoms with Gasteiger partial charge in [0.2, 0.25) is 5.89 Å². The van der Waals surface area contributed by atoms with Crippen LogP contribution in [0.1, 0.15) is 50.7 Å². The van der Waals surface area contributed by atoms with Crippen LogP contribution in [0.4, 0.5) is 5.69 Å². The molecule has 2 aromatic carbocycles. The summed E-state index contributed by atoms with van der Waals surface area (Å²) in [7, 11) is 0. The lowest BCUT2D eigenvalue weighted by Crippen LogP contribution is -2.38. The number of hydrogen-bond acceptors (Lipinski definition) is 7. The van der Waals surface area contributed by atoms with E-state index in [9.17, 15) is 14.4 Å². The van der Waals surface area contributed by atoms with Crippen molar-refractivity contribution in [2.24, 2.45) is 5.92 Å². The van der Waals surface area contributed by atoms with Crippen LogP contribution in [0.15, 0.2) is 47.1 Å². The number of aryl methyl sites for hydroxylation is 2. The molecule has 1 aromatic heterocycles. The van der Waals surface area contributed by atoms with Crippen LogP contribution < -0.4 is 19.7 Å². The topological polar surface area (TPSA) is 111 Å². The molecule has 2 heterocycles. The number of benzene rings is 2. The van der Waals surface area contributed by atoms with Crippen molar-refractivity contribution >= 4 is 23.3 Å². The molecule has 9 heteroatoms. The molecule has 0 atom stereocenters. The molecule has 1 aliphatic carbocycles. The van der Waals surface area contributed by atoms with Gasteiger partial charge in [0.25, 0.3) is 11.8 Å². The van der Waals surface area contributed by atoms with E-state index in [1.807, 2.05) is 32.0 Å². The first-order valence-electron chi connectivity index (χ1n) is 11.9. The van der Waals surface area contributed by atoms with E-state index in [4.69, 9.17) is 13.9 Å². The summed E-state index contributed by atoms with van der Waals surface area (Å²) in [4.78, 5) is 43.6. The molecule has 186 valence electrons. The number of nitrogens with one attached hydrogen (secondary N) is 1. The SMILES string of the molecule is Cc1ccc(C)c(OCC(=O)c2ccc3c(c2)N(Cc2nc(C(=O)NCC4CC4)co2)C(=O)CO3)c1. The van der Waals surface area contributed by atoms with Crippen molar-refractivity contribution in [1.29, 1.82) is 0 Å². The van der Waals surface area contributed by atoms with Crippen LogP contribution in [0.2, 0.25) is 0 Å². The lowest BCUT2D eigenvalue weighted by atomic mass is 10.1. The average molecular weight is 490 g/mol. The van der Waals surface area contributed by atoms with Crippen molar-refractivity contribution in [2.45, 2.75) is 33.2 Å². The Kier molecular flexibility index (Phi) is 6.45. The van der Waals surface area contributed by atoms with Gasteiger partial charge in [-0.15, -0.1) is 0 Å². The number of nitrogens with zero attached hydrogens (tertiary/aromatic N) is 2. The van der Waals surface area contributed by atoms with Gasteiger partial charge in [-0.25, -0.2) is 4.98 Å². The van der Waals surface area contributed by atoms with Gasteiger partial charge in [-0.2, -0.15) is 0 Å². The smallest absolute Gasteiger partial charge is 0.273 e. The number of amides is 2. The van der Waals surface area contributed by atoms with E-state index in [0.717, 1.165) is 24.0 Å². The molecule has 36 heavy (non-hydrogen) atoms. The highest BCUT2D eigenvalue weighted by atomic mass is 16.5. The maximum atomic E-state index is 12.9. The van der Waals surface area contributed by atoms with Crippen LogP contribution in [0.25, 0.3) is 0 Å². The van der Waals surface area contributed by atoms with Gasteiger partial charge in [0, 0.05) is 12.1 Å². The summed E-state index contributed by atoms with van der Waals surface area (Å²) in [6.07, 6.45) is 3.55. The van der Waals surface area contributed by atoms with Crippen LogP contribution in [0.5, 0.6) is 11.5 Å². The summed E-state index contributed by atoms with van der Waals surface area (Å²) in [5.41, 5.74) is 2.96. The second-order valence-electron chi connectivity index (χ2n) is 9.21. The summed E-state index contributed by atoms with van der Waals surface area (Å²) in [6, 6.07) is 10.7. The van der Waals surface area contributed by atoms with Gasteiger partial charge >= 0.3 is 0 Å². The number of aromatic nitrogens is 1. The highest BCUT2D eigenvalue weighted by molar-refractivity contribution is 6.02. The van der Waals surface area contributed by atoms with Crippen molar-refractivity contribution in [1.82, 2.24) is 10.3 Å². The quantitative estimate of drug-likeness (QED) is 0.457. The summed E-state index contributed by atoms with van der Waals surface area (Å²) < 4.78 is 16.8. The van der Waals surface area contributed by atoms with E-state index in [1.54, 1.807) is 18.2 Å². The predicted molar refractivity (Wildman–Crippen MR) is 130 cm³/mol. The second kappa shape index (κ2) is 9.85. The molecule has 0 radical (unpaired) electrons. The van der Waals surface area contributed by atoms with E-state index < -0.39 is 0 Å². The minimum absolute atomic E-state index is 0.00172. The molecule has 1 fully saturated rings. The molecule has 0 saturated heterocycles. The lowest BCUT2D eigenvalue weighted by Gasteiger charge is -2.28. The maximum Gasteiger partial charge on any atom is 0.273 e. The first-order valence-corrected chi connectivity index (χ1v) is 11.9. The molecule has 5 rings (SSSR count). The first-order chi connectivity index (χ1) is 17.4. The number of ketones is 1. The Morgan fingerprint density at radius 1 is 1.17 bits per heavy atom. The van der Waals surface area contributed by atoms with E-state index in [2.05, 4.69) is 10.3 Å². The Morgan fingerprint density at radius 3 is 2.81 bits per heavy atom. The molecular weight excluding hydrogens is 462 g/mol. The summed E-state index contributed by atoms with van der Waals surface area (Å²) >= 11 is 0. The fourth-order valence-electron chi connectivity index (χ4n) is 3.91. The van der Waals surface area contributed by atoms with Gasteiger partial charge < -0.3 is 19.2 Å². The normalized spacial score (nSPS) is 14.7. The lowest BCUT2D eigenvalue weighted by molar-refractivity contribution is -0.121. The van der Waals surface area contributed by atoms with Crippen molar-refractivity contribution in [3.05, 3.63) is 70.9 Å². The molecule has 2 aliphatic rings. The molecule has 0 bridgehead atoms. The highest BCUT2D eigenvalue weighted by Crippen LogP contribution is 2.34. The second-order valence-corrected chi connectivity index (χ2v) is 9.21. The number of carbonyl (C=O) groups is 3. The first kappa shape index (κ1) is 23.6. The number of anilines is 1. The van der Waals surface area contributed by atoms with E-state index in [0.29, 0.717) is 35.2 Å². The van der Waals surface area contributed by atoms with Gasteiger partial charge in [-0.3, -0.25) is 19.3 Å². The zero-order valence-corrected chi connectivity index (χ0v) is 20.2. The summed E-state index contributed by atoms with van der Waals surface area (Å²) in [5.74, 6) is 1.04. The Hall–Kier alpha value is -4.14. The molecule has 1 saturated carbocycles. The third-order valence-electron chi connectivity index (χ3n) is 6.25. The molecule has 0 unspecified atom stereocenters. The fraction of sp³-hybridized carbons (Fsp3) is 0.333. The number of ether oxygens (including phenoxy) is 2. The average Bonchev–Trinajstić information content (AvgIpc) is 3.59. The molecule has 9 nitrogen and oxygen atoms in total. The minimum atomic E-state index is -0.309. The van der Waals surface area contributed by atoms with Crippen LogP contribution in [-0.2, 0) is 11.3 Å². The number of carbonyl (C=O) groups excluding carboxylic acids is 3. The number of Topliss-reactive ketones (excluding diaryl/α,β-unsaturated/α-hetero) is 1. The van der Waals surface area contributed by atoms with Gasteiger partial charge in [-0.1, -0.05) is 12.1 Å². The number of fused-ring (bicyclic) bond motifs is 1. The van der Waals surface area contributed by atoms with Gasteiger partial charge in [-0.05, 0) is 68.0 Å².